The molecule has 3 rings (SSSR count). The highest BCUT2D eigenvalue weighted by molar-refractivity contribution is 7.12. The third-order valence-electron chi connectivity index (χ3n) is 4.51. The maximum Gasteiger partial charge on any atom is 0.0443 e. The molecule has 2 aliphatic rings. The second-order valence-electron chi connectivity index (χ2n) is 5.68. The standard InChI is InChI=1S/C15H23NS/c1-3-13-5-6-14(17-13)15(16-4-2)12-8-10-7-11(10)9-12/h5-6,10-12,15-16H,3-4,7-9H2,1-2H3. The van der Waals surface area contributed by atoms with Crippen molar-refractivity contribution in [1.29, 1.82) is 0 Å². The topological polar surface area (TPSA) is 12.0 Å². The minimum absolute atomic E-state index is 0.637. The minimum Gasteiger partial charge on any atom is -0.309 e. The summed E-state index contributed by atoms with van der Waals surface area (Å²) in [6.45, 7) is 5.58. The van der Waals surface area contributed by atoms with Crippen LogP contribution in [0.1, 0.15) is 48.9 Å². The van der Waals surface area contributed by atoms with Crippen molar-refractivity contribution >= 4 is 11.3 Å². The lowest BCUT2D eigenvalue weighted by Gasteiger charge is -2.24. The molecule has 1 nitrogen and oxygen atoms in total. The van der Waals surface area contributed by atoms with Gasteiger partial charge in [-0.2, -0.15) is 0 Å². The largest absolute Gasteiger partial charge is 0.309 e. The van der Waals surface area contributed by atoms with E-state index < -0.39 is 0 Å². The smallest absolute Gasteiger partial charge is 0.0443 e. The first-order chi connectivity index (χ1) is 8.31. The van der Waals surface area contributed by atoms with Crippen molar-refractivity contribution in [2.75, 3.05) is 6.54 Å². The Morgan fingerprint density at radius 1 is 1.24 bits per heavy atom. The Morgan fingerprint density at radius 2 is 2.00 bits per heavy atom. The number of hydrogen-bond acceptors (Lipinski definition) is 2. The summed E-state index contributed by atoms with van der Waals surface area (Å²) in [5.74, 6) is 3.08. The Morgan fingerprint density at radius 3 is 2.59 bits per heavy atom. The Balaban J connectivity index is 1.74. The van der Waals surface area contributed by atoms with E-state index in [0.29, 0.717) is 6.04 Å². The lowest BCUT2D eigenvalue weighted by molar-refractivity contribution is 0.351. The molecule has 2 heteroatoms. The van der Waals surface area contributed by atoms with Crippen LogP contribution in [0, 0.1) is 17.8 Å². The molecule has 2 saturated carbocycles. The van der Waals surface area contributed by atoms with Gasteiger partial charge in [-0.15, -0.1) is 11.3 Å². The lowest BCUT2D eigenvalue weighted by atomic mass is 9.93. The summed E-state index contributed by atoms with van der Waals surface area (Å²) in [7, 11) is 0. The number of hydrogen-bond donors (Lipinski definition) is 1. The Bertz CT molecular complexity index is 374. The minimum atomic E-state index is 0.637. The van der Waals surface area contributed by atoms with Crippen LogP contribution in [0.15, 0.2) is 12.1 Å². The van der Waals surface area contributed by atoms with Crippen LogP contribution in [0.4, 0.5) is 0 Å². The molecule has 2 aliphatic carbocycles. The van der Waals surface area contributed by atoms with Crippen molar-refractivity contribution in [1.82, 2.24) is 5.32 Å². The zero-order valence-corrected chi connectivity index (χ0v) is 11.7. The predicted molar refractivity (Wildman–Crippen MR) is 74.4 cm³/mol. The summed E-state index contributed by atoms with van der Waals surface area (Å²) in [5, 5.41) is 3.73. The fraction of sp³-hybridized carbons (Fsp3) is 0.733. The molecular formula is C15H23NS. The van der Waals surface area contributed by atoms with Crippen LogP contribution in [0.2, 0.25) is 0 Å². The molecule has 1 N–H and O–H groups in total. The molecule has 0 aliphatic heterocycles. The summed E-state index contributed by atoms with van der Waals surface area (Å²) >= 11 is 2.02. The van der Waals surface area contributed by atoms with Crippen molar-refractivity contribution in [3.8, 4) is 0 Å². The van der Waals surface area contributed by atoms with Crippen molar-refractivity contribution < 1.29 is 0 Å². The van der Waals surface area contributed by atoms with Gasteiger partial charge in [-0.1, -0.05) is 13.8 Å². The Labute approximate surface area is 109 Å². The van der Waals surface area contributed by atoms with Crippen LogP contribution < -0.4 is 5.32 Å². The molecule has 1 aromatic rings. The molecule has 3 unspecified atom stereocenters. The summed E-state index contributed by atoms with van der Waals surface area (Å²) in [6, 6.07) is 5.32. The zero-order valence-electron chi connectivity index (χ0n) is 10.9. The first-order valence-electron chi connectivity index (χ1n) is 7.13. The molecule has 0 bridgehead atoms. The van der Waals surface area contributed by atoms with Gasteiger partial charge in [0, 0.05) is 15.8 Å². The van der Waals surface area contributed by atoms with Gasteiger partial charge in [-0.05, 0) is 62.1 Å². The molecule has 1 aromatic heterocycles. The average Bonchev–Trinajstić information content (AvgIpc) is 2.82. The van der Waals surface area contributed by atoms with E-state index in [-0.39, 0.29) is 0 Å². The van der Waals surface area contributed by atoms with E-state index in [2.05, 4.69) is 31.3 Å². The first-order valence-corrected chi connectivity index (χ1v) is 7.95. The molecule has 0 spiro atoms. The van der Waals surface area contributed by atoms with Crippen molar-refractivity contribution in [2.45, 2.75) is 45.6 Å². The van der Waals surface area contributed by atoms with Crippen LogP contribution >= 0.6 is 11.3 Å². The number of fused-ring (bicyclic) bond motifs is 1. The highest BCUT2D eigenvalue weighted by atomic mass is 32.1. The maximum absolute atomic E-state index is 3.73. The van der Waals surface area contributed by atoms with E-state index in [9.17, 15) is 0 Å². The van der Waals surface area contributed by atoms with E-state index in [1.807, 2.05) is 11.3 Å². The predicted octanol–water partition coefficient (Wildman–Crippen LogP) is 4.01. The van der Waals surface area contributed by atoms with Gasteiger partial charge >= 0.3 is 0 Å². The van der Waals surface area contributed by atoms with Gasteiger partial charge < -0.3 is 5.32 Å². The molecule has 0 aromatic carbocycles. The Hall–Kier alpha value is -0.340. The number of nitrogens with one attached hydrogen (secondary N) is 1. The van der Waals surface area contributed by atoms with Gasteiger partial charge in [0.25, 0.3) is 0 Å². The van der Waals surface area contributed by atoms with Gasteiger partial charge in [0.2, 0.25) is 0 Å². The maximum atomic E-state index is 3.73. The van der Waals surface area contributed by atoms with E-state index in [1.54, 1.807) is 4.88 Å². The van der Waals surface area contributed by atoms with Crippen molar-refractivity contribution in [3.63, 3.8) is 0 Å². The summed E-state index contributed by atoms with van der Waals surface area (Å²) < 4.78 is 0. The normalized spacial score (nSPS) is 32.5. The SMILES string of the molecule is CCNC(c1ccc(CC)s1)C1CC2CC2C1. The second kappa shape index (κ2) is 4.74. The molecule has 0 saturated heterocycles. The molecule has 94 valence electrons. The zero-order chi connectivity index (χ0) is 11.8. The summed E-state index contributed by atoms with van der Waals surface area (Å²) in [6.07, 6.45) is 5.66. The molecule has 1 heterocycles. The first kappa shape index (κ1) is 11.7. The summed E-state index contributed by atoms with van der Waals surface area (Å²) in [4.78, 5) is 3.11. The summed E-state index contributed by atoms with van der Waals surface area (Å²) in [5.41, 5.74) is 0. The number of aryl methyl sites for hydroxylation is 1. The van der Waals surface area contributed by atoms with Crippen LogP contribution in [-0.4, -0.2) is 6.54 Å². The van der Waals surface area contributed by atoms with Crippen LogP contribution in [0.3, 0.4) is 0 Å². The molecule has 0 amide bonds. The molecular weight excluding hydrogens is 226 g/mol. The lowest BCUT2D eigenvalue weighted by Crippen LogP contribution is -2.26. The van der Waals surface area contributed by atoms with Crippen LogP contribution in [0.25, 0.3) is 0 Å². The third kappa shape index (κ3) is 2.30. The quantitative estimate of drug-likeness (QED) is 0.831. The van der Waals surface area contributed by atoms with Crippen molar-refractivity contribution in [2.24, 2.45) is 17.8 Å². The highest BCUT2D eigenvalue weighted by Gasteiger charge is 2.48. The van der Waals surface area contributed by atoms with E-state index in [4.69, 9.17) is 0 Å². The van der Waals surface area contributed by atoms with Gasteiger partial charge in [0.05, 0.1) is 0 Å². The van der Waals surface area contributed by atoms with Gasteiger partial charge in [0.15, 0.2) is 0 Å². The monoisotopic (exact) mass is 249 g/mol. The van der Waals surface area contributed by atoms with Crippen LogP contribution in [0.5, 0.6) is 0 Å². The Kier molecular flexibility index (Phi) is 3.27. The number of rotatable bonds is 5. The third-order valence-corrected chi connectivity index (χ3v) is 5.83. The molecule has 0 radical (unpaired) electrons. The number of thiophene rings is 1. The van der Waals surface area contributed by atoms with Crippen molar-refractivity contribution in [3.05, 3.63) is 21.9 Å². The highest BCUT2D eigenvalue weighted by Crippen LogP contribution is 2.57. The average molecular weight is 249 g/mol. The molecule has 3 atom stereocenters. The fourth-order valence-electron chi connectivity index (χ4n) is 3.50. The van der Waals surface area contributed by atoms with E-state index in [1.165, 1.54) is 30.6 Å². The van der Waals surface area contributed by atoms with Gasteiger partial charge in [0.1, 0.15) is 0 Å². The van der Waals surface area contributed by atoms with Crippen LogP contribution in [-0.2, 0) is 6.42 Å². The van der Waals surface area contributed by atoms with Gasteiger partial charge in [-0.25, -0.2) is 0 Å². The second-order valence-corrected chi connectivity index (χ2v) is 6.88. The fourth-order valence-corrected chi connectivity index (χ4v) is 4.63. The molecule has 17 heavy (non-hydrogen) atoms. The van der Waals surface area contributed by atoms with E-state index in [0.717, 1.165) is 24.3 Å². The van der Waals surface area contributed by atoms with Gasteiger partial charge in [-0.3, -0.25) is 0 Å². The molecule has 2 fully saturated rings. The van der Waals surface area contributed by atoms with E-state index >= 15 is 0 Å².